The van der Waals surface area contributed by atoms with Gasteiger partial charge in [0.2, 0.25) is 0 Å². The molecule has 0 aliphatic carbocycles. The van der Waals surface area contributed by atoms with Crippen LogP contribution in [0, 0.1) is 0 Å². The number of ether oxygens (including phenoxy) is 4. The minimum Gasteiger partial charge on any atom is -0.490 e. The molecule has 0 radical (unpaired) electrons. The van der Waals surface area contributed by atoms with Crippen LogP contribution in [-0.2, 0) is 0 Å². The van der Waals surface area contributed by atoms with Gasteiger partial charge in [-0.2, -0.15) is 0 Å². The van der Waals surface area contributed by atoms with Crippen LogP contribution in [0.4, 0.5) is 0 Å². The Morgan fingerprint density at radius 3 is 0.754 bits per heavy atom. The molecule has 16 nitrogen and oxygen atoms in total. The normalized spacial score (nSPS) is 13.0. The zero-order valence-electron chi connectivity index (χ0n) is 32.9. The summed E-state index contributed by atoms with van der Waals surface area (Å²) in [6, 6.07) is 25.2. The maximum absolute atomic E-state index is 13.6. The van der Waals surface area contributed by atoms with Crippen molar-refractivity contribution < 1.29 is 38.1 Å². The van der Waals surface area contributed by atoms with Crippen LogP contribution in [-0.4, -0.2) is 56.8 Å². The Labute approximate surface area is 331 Å². The molecule has 0 N–H and O–H groups in total. The fraction of sp³-hybridized carbons (Fsp3) is 0.300. The third-order valence-corrected chi connectivity index (χ3v) is 8.49. The quantitative estimate of drug-likeness (QED) is 0.0787. The molecule has 0 aliphatic rings. The monoisotopic (exact) mass is 792 g/mol. The lowest BCUT2D eigenvalue weighted by Crippen LogP contribution is -2.26. The van der Waals surface area contributed by atoms with Gasteiger partial charge in [-0.15, -0.1) is 39.6 Å². The number of benzene rings is 4. The first kappa shape index (κ1) is 43.1. The number of nitrogens with zero attached hydrogens (tertiary/aromatic N) is 8. The largest absolute Gasteiger partial charge is 0.652 e. The Kier molecular flexibility index (Phi) is 15.4. The second-order valence-electron chi connectivity index (χ2n) is 13.3. The third-order valence-electron chi connectivity index (χ3n) is 7.02. The Balaban J connectivity index is 1.93. The number of carbonyl (C=O) groups is 4. The van der Waals surface area contributed by atoms with Gasteiger partial charge < -0.3 is 18.9 Å². The van der Waals surface area contributed by atoms with Crippen LogP contribution >= 0.6 is 0 Å². The molecule has 0 fully saturated rings. The molecule has 57 heavy (non-hydrogen) atoms. The maximum Gasteiger partial charge on any atom is 0.652 e. The molecule has 0 aliphatic heterocycles. The number of amides is 4. The van der Waals surface area contributed by atoms with Gasteiger partial charge in [0.1, 0.15) is 23.0 Å². The summed E-state index contributed by atoms with van der Waals surface area (Å²) in [5.74, 6) is -2.86. The third kappa shape index (κ3) is 12.7. The highest BCUT2D eigenvalue weighted by Gasteiger charge is 2.42. The first-order valence-corrected chi connectivity index (χ1v) is 19.9. The molecule has 0 saturated heterocycles. The first-order valence-electron chi connectivity index (χ1n) is 18.1. The van der Waals surface area contributed by atoms with E-state index in [1.54, 1.807) is 128 Å². The Morgan fingerprint density at radius 2 is 0.561 bits per heavy atom. The van der Waals surface area contributed by atoms with Crippen LogP contribution in [0.1, 0.15) is 96.8 Å². The molecule has 4 aromatic carbocycles. The van der Waals surface area contributed by atoms with Crippen molar-refractivity contribution in [2.75, 3.05) is 0 Å². The van der Waals surface area contributed by atoms with Crippen LogP contribution in [0.15, 0.2) is 137 Å². The number of hydrogen-bond acceptors (Lipinski definition) is 12. The summed E-state index contributed by atoms with van der Waals surface area (Å²) in [6.45, 7) is 14.3. The van der Waals surface area contributed by atoms with Crippen molar-refractivity contribution in [3.63, 3.8) is 0 Å². The molecule has 0 atom stereocenters. The van der Waals surface area contributed by atoms with Crippen LogP contribution < -0.4 is 18.9 Å². The Hall–Kier alpha value is -6.62. The van der Waals surface area contributed by atoms with E-state index in [1.807, 2.05) is 0 Å². The van der Waals surface area contributed by atoms with Crippen molar-refractivity contribution in [1.82, 2.24) is 0 Å². The van der Waals surface area contributed by atoms with Crippen molar-refractivity contribution in [3.05, 3.63) is 119 Å². The van der Waals surface area contributed by atoms with Gasteiger partial charge >= 0.3 is 8.72 Å². The van der Waals surface area contributed by atoms with E-state index in [-0.39, 0.29) is 69.7 Å². The van der Waals surface area contributed by atoms with Crippen LogP contribution in [0.2, 0.25) is 0 Å². The van der Waals surface area contributed by atoms with Crippen LogP contribution in [0.5, 0.6) is 23.0 Å². The van der Waals surface area contributed by atoms with E-state index < -0.39 is 32.3 Å². The highest BCUT2D eigenvalue weighted by molar-refractivity contribution is 6.72. The van der Waals surface area contributed by atoms with E-state index in [0.717, 1.165) is 0 Å². The van der Waals surface area contributed by atoms with E-state index in [9.17, 15) is 19.2 Å². The van der Waals surface area contributed by atoms with E-state index >= 15 is 0 Å². The summed E-state index contributed by atoms with van der Waals surface area (Å²) in [6.07, 6.45) is -1.18. The van der Waals surface area contributed by atoms with Gasteiger partial charge in [0.15, 0.2) is 0 Å². The van der Waals surface area contributed by atoms with Gasteiger partial charge in [0.25, 0.3) is 23.6 Å². The summed E-state index contributed by atoms with van der Waals surface area (Å²) in [5.41, 5.74) is 0.0784. The number of hydrogen-bond donors (Lipinski definition) is 0. The first-order chi connectivity index (χ1) is 27.2. The van der Waals surface area contributed by atoms with E-state index in [1.165, 1.54) is 24.3 Å². The molecule has 0 saturated carbocycles. The molecular formula is C40H44N8O8Si. The standard InChI is InChI=1S/C40H44N8O8Si/c1-25(2)53-33-21-13-9-17-29(33)37(49)41-45-57(46-42-38(50)30-18-10-14-22-34(30)54-26(3)4,47-43-39(51)31-19-11-15-23-35(31)55-27(5)6)48-44-40(52)32-20-12-16-24-36(32)56-28(7)8/h9-28H,1-8H3. The topological polar surface area (TPSA) is 204 Å². The zero-order chi connectivity index (χ0) is 41.5. The maximum atomic E-state index is 13.6. The lowest BCUT2D eigenvalue weighted by Gasteiger charge is -2.13. The van der Waals surface area contributed by atoms with Crippen LogP contribution in [0.3, 0.4) is 0 Å². The predicted molar refractivity (Wildman–Crippen MR) is 211 cm³/mol. The molecule has 0 heterocycles. The predicted octanol–water partition coefficient (Wildman–Crippen LogP) is 9.74. The van der Waals surface area contributed by atoms with E-state index in [4.69, 9.17) is 18.9 Å². The average molecular weight is 793 g/mol. The molecule has 4 rings (SSSR count). The summed E-state index contributed by atoms with van der Waals surface area (Å²) in [7, 11) is -4.99. The van der Waals surface area contributed by atoms with Crippen molar-refractivity contribution in [3.8, 4) is 23.0 Å². The van der Waals surface area contributed by atoms with Gasteiger partial charge in [-0.3, -0.25) is 19.2 Å². The summed E-state index contributed by atoms with van der Waals surface area (Å²) >= 11 is 0. The second-order valence-corrected chi connectivity index (χ2v) is 15.3. The lowest BCUT2D eigenvalue weighted by molar-refractivity contribution is 0.0982. The van der Waals surface area contributed by atoms with Gasteiger partial charge in [-0.1, -0.05) is 48.5 Å². The summed E-state index contributed by atoms with van der Waals surface area (Å²) in [5, 5.41) is 15.4. The number of carbonyl (C=O) groups excluding carboxylic acids is 4. The van der Waals surface area contributed by atoms with Gasteiger partial charge in [-0.25, -0.2) is 0 Å². The fourth-order valence-corrected chi connectivity index (χ4v) is 5.93. The SMILES string of the molecule is CC(C)Oc1ccccc1C(=O)N=N[Si](N=NC(=O)c1ccccc1OC(C)C)(N=NC(=O)c1ccccc1OC(C)C)N=NC(=O)c1ccccc1OC(C)C. The van der Waals surface area contributed by atoms with Crippen molar-refractivity contribution in [2.24, 2.45) is 39.6 Å². The molecule has 0 spiro atoms. The molecule has 296 valence electrons. The van der Waals surface area contributed by atoms with Gasteiger partial charge in [0.05, 0.1) is 46.7 Å². The van der Waals surface area contributed by atoms with E-state index in [0.29, 0.717) is 0 Å². The molecule has 4 amide bonds. The highest BCUT2D eigenvalue weighted by Crippen LogP contribution is 2.27. The lowest BCUT2D eigenvalue weighted by atomic mass is 10.2. The Bertz CT molecular complexity index is 1880. The zero-order valence-corrected chi connectivity index (χ0v) is 33.9. The molecule has 4 aromatic rings. The second kappa shape index (κ2) is 20.3. The Morgan fingerprint density at radius 1 is 0.368 bits per heavy atom. The van der Waals surface area contributed by atoms with Crippen molar-refractivity contribution >= 4 is 32.3 Å². The molecular weight excluding hydrogens is 749 g/mol. The molecule has 0 bridgehead atoms. The van der Waals surface area contributed by atoms with Gasteiger partial charge in [0, 0.05) is 0 Å². The summed E-state index contributed by atoms with van der Waals surface area (Å²) in [4.78, 5) is 54.5. The van der Waals surface area contributed by atoms with Crippen molar-refractivity contribution in [1.29, 1.82) is 0 Å². The number of rotatable bonds is 16. The smallest absolute Gasteiger partial charge is 0.490 e. The van der Waals surface area contributed by atoms with Crippen molar-refractivity contribution in [2.45, 2.75) is 79.8 Å². The van der Waals surface area contributed by atoms with Crippen LogP contribution in [0.25, 0.3) is 0 Å². The highest BCUT2D eigenvalue weighted by atomic mass is 28.4. The molecule has 17 heteroatoms. The minimum atomic E-state index is -4.99. The average Bonchev–Trinajstić information content (AvgIpc) is 3.16. The molecule has 0 aromatic heterocycles. The minimum absolute atomic E-state index is 0.0196. The molecule has 0 unspecified atom stereocenters. The van der Waals surface area contributed by atoms with Gasteiger partial charge in [-0.05, 0) is 104 Å². The fourth-order valence-electron chi connectivity index (χ4n) is 4.79. The van der Waals surface area contributed by atoms with E-state index in [2.05, 4.69) is 39.6 Å². The number of para-hydroxylation sites is 4. The summed E-state index contributed by atoms with van der Waals surface area (Å²) < 4.78 is 39.5.